The lowest BCUT2D eigenvalue weighted by molar-refractivity contribution is -0.0212. The highest BCUT2D eigenvalue weighted by Gasteiger charge is 2.17. The fourth-order valence-electron chi connectivity index (χ4n) is 2.10. The van der Waals surface area contributed by atoms with Crippen molar-refractivity contribution in [1.29, 1.82) is 0 Å². The summed E-state index contributed by atoms with van der Waals surface area (Å²) in [4.78, 5) is 2.27. The van der Waals surface area contributed by atoms with Crippen LogP contribution in [-0.4, -0.2) is 37.8 Å². The molecule has 94 valence electrons. The van der Waals surface area contributed by atoms with E-state index in [4.69, 9.17) is 9.47 Å². The van der Waals surface area contributed by atoms with Crippen LogP contribution in [-0.2, 0) is 11.3 Å². The Bertz CT molecular complexity index is 384. The molecule has 3 nitrogen and oxygen atoms in total. The van der Waals surface area contributed by atoms with Crippen LogP contribution in [0.3, 0.4) is 0 Å². The standard InChI is InChI=1S/C13H18FNO2/c1-10-8-15(5-6-17-10)9-11-3-4-13(16-2)12(14)7-11/h3-4,7,10H,5-6,8-9H2,1-2H3. The fraction of sp³-hybridized carbons (Fsp3) is 0.538. The fourth-order valence-corrected chi connectivity index (χ4v) is 2.10. The van der Waals surface area contributed by atoms with Gasteiger partial charge in [0.2, 0.25) is 0 Å². The largest absolute Gasteiger partial charge is 0.494 e. The van der Waals surface area contributed by atoms with Crippen molar-refractivity contribution >= 4 is 0 Å². The van der Waals surface area contributed by atoms with Crippen LogP contribution in [0, 0.1) is 5.82 Å². The lowest BCUT2D eigenvalue weighted by Crippen LogP contribution is -2.40. The maximum atomic E-state index is 13.5. The van der Waals surface area contributed by atoms with Crippen molar-refractivity contribution in [3.63, 3.8) is 0 Å². The molecule has 0 N–H and O–H groups in total. The third kappa shape index (κ3) is 3.17. The first-order valence-electron chi connectivity index (χ1n) is 5.85. The van der Waals surface area contributed by atoms with Crippen molar-refractivity contribution in [2.45, 2.75) is 19.6 Å². The van der Waals surface area contributed by atoms with Crippen molar-refractivity contribution in [2.24, 2.45) is 0 Å². The van der Waals surface area contributed by atoms with Gasteiger partial charge in [0, 0.05) is 19.6 Å². The number of benzene rings is 1. The minimum atomic E-state index is -0.300. The zero-order valence-corrected chi connectivity index (χ0v) is 10.3. The lowest BCUT2D eigenvalue weighted by Gasteiger charge is -2.31. The summed E-state index contributed by atoms with van der Waals surface area (Å²) in [5, 5.41) is 0. The number of methoxy groups -OCH3 is 1. The van der Waals surface area contributed by atoms with Gasteiger partial charge in [-0.1, -0.05) is 6.07 Å². The molecule has 1 aromatic rings. The molecule has 1 saturated heterocycles. The second-order valence-corrected chi connectivity index (χ2v) is 4.39. The number of hydrogen-bond donors (Lipinski definition) is 0. The van der Waals surface area contributed by atoms with Crippen LogP contribution in [0.5, 0.6) is 5.75 Å². The molecule has 1 atom stereocenters. The molecule has 1 aromatic carbocycles. The lowest BCUT2D eigenvalue weighted by atomic mass is 10.2. The van der Waals surface area contributed by atoms with Gasteiger partial charge in [-0.25, -0.2) is 4.39 Å². The van der Waals surface area contributed by atoms with Crippen LogP contribution in [0.15, 0.2) is 18.2 Å². The van der Waals surface area contributed by atoms with Crippen LogP contribution in [0.1, 0.15) is 12.5 Å². The SMILES string of the molecule is COc1ccc(CN2CCOC(C)C2)cc1F. The Hall–Kier alpha value is -1.13. The van der Waals surface area contributed by atoms with Gasteiger partial charge in [0.15, 0.2) is 11.6 Å². The van der Waals surface area contributed by atoms with E-state index in [1.165, 1.54) is 7.11 Å². The summed E-state index contributed by atoms with van der Waals surface area (Å²) in [6, 6.07) is 5.12. The van der Waals surface area contributed by atoms with Gasteiger partial charge in [0.25, 0.3) is 0 Å². The zero-order valence-electron chi connectivity index (χ0n) is 10.3. The molecule has 2 rings (SSSR count). The van der Waals surface area contributed by atoms with E-state index in [1.54, 1.807) is 12.1 Å². The van der Waals surface area contributed by atoms with E-state index in [0.29, 0.717) is 5.75 Å². The molecule has 0 aromatic heterocycles. The van der Waals surface area contributed by atoms with E-state index in [-0.39, 0.29) is 11.9 Å². The molecule has 1 aliphatic rings. The molecule has 0 aliphatic carbocycles. The molecule has 1 heterocycles. The van der Waals surface area contributed by atoms with Gasteiger partial charge in [0.05, 0.1) is 19.8 Å². The highest BCUT2D eigenvalue weighted by Crippen LogP contribution is 2.19. The van der Waals surface area contributed by atoms with Gasteiger partial charge >= 0.3 is 0 Å². The Kier molecular flexibility index (Phi) is 3.97. The van der Waals surface area contributed by atoms with E-state index in [0.717, 1.165) is 31.8 Å². The van der Waals surface area contributed by atoms with E-state index in [2.05, 4.69) is 11.8 Å². The number of hydrogen-bond acceptors (Lipinski definition) is 3. The van der Waals surface area contributed by atoms with Crippen molar-refractivity contribution in [2.75, 3.05) is 26.8 Å². The number of morpholine rings is 1. The minimum Gasteiger partial charge on any atom is -0.494 e. The third-order valence-corrected chi connectivity index (χ3v) is 2.95. The molecule has 1 aliphatic heterocycles. The topological polar surface area (TPSA) is 21.7 Å². The van der Waals surface area contributed by atoms with Gasteiger partial charge in [-0.3, -0.25) is 4.90 Å². The molecule has 0 radical (unpaired) electrons. The smallest absolute Gasteiger partial charge is 0.165 e. The van der Waals surface area contributed by atoms with E-state index < -0.39 is 0 Å². The van der Waals surface area contributed by atoms with Crippen LogP contribution in [0.4, 0.5) is 4.39 Å². The van der Waals surface area contributed by atoms with Crippen LogP contribution in [0.25, 0.3) is 0 Å². The van der Waals surface area contributed by atoms with Gasteiger partial charge in [-0.2, -0.15) is 0 Å². The van der Waals surface area contributed by atoms with Gasteiger partial charge in [-0.05, 0) is 24.6 Å². The molecule has 0 saturated carbocycles. The van der Waals surface area contributed by atoms with Gasteiger partial charge < -0.3 is 9.47 Å². The quantitative estimate of drug-likeness (QED) is 0.806. The maximum Gasteiger partial charge on any atom is 0.165 e. The first-order chi connectivity index (χ1) is 8.19. The summed E-state index contributed by atoms with van der Waals surface area (Å²) in [6.07, 6.45) is 0.256. The molecule has 17 heavy (non-hydrogen) atoms. The summed E-state index contributed by atoms with van der Waals surface area (Å²) in [7, 11) is 1.47. The molecule has 0 bridgehead atoms. The molecule has 1 fully saturated rings. The summed E-state index contributed by atoms with van der Waals surface area (Å²) >= 11 is 0. The highest BCUT2D eigenvalue weighted by molar-refractivity contribution is 5.29. The number of rotatable bonds is 3. The summed E-state index contributed by atoms with van der Waals surface area (Å²) in [5.74, 6) is -0.00426. The van der Waals surface area contributed by atoms with Crippen LogP contribution >= 0.6 is 0 Å². The Morgan fingerprint density at radius 2 is 2.35 bits per heavy atom. The highest BCUT2D eigenvalue weighted by atomic mass is 19.1. The monoisotopic (exact) mass is 239 g/mol. The third-order valence-electron chi connectivity index (χ3n) is 2.95. The number of nitrogens with zero attached hydrogens (tertiary/aromatic N) is 1. The van der Waals surface area contributed by atoms with Crippen molar-refractivity contribution in [3.8, 4) is 5.75 Å². The average molecular weight is 239 g/mol. The predicted molar refractivity (Wildman–Crippen MR) is 63.6 cm³/mol. The summed E-state index contributed by atoms with van der Waals surface area (Å²) in [6.45, 7) is 5.36. The van der Waals surface area contributed by atoms with E-state index >= 15 is 0 Å². The van der Waals surface area contributed by atoms with Crippen LogP contribution < -0.4 is 4.74 Å². The normalized spacial score (nSPS) is 21.5. The number of halogens is 1. The molecule has 0 spiro atoms. The second-order valence-electron chi connectivity index (χ2n) is 4.39. The van der Waals surface area contributed by atoms with E-state index in [1.807, 2.05) is 6.07 Å². The molecule has 0 amide bonds. The molecule has 1 unspecified atom stereocenters. The Morgan fingerprint density at radius 3 is 3.00 bits per heavy atom. The van der Waals surface area contributed by atoms with E-state index in [9.17, 15) is 4.39 Å². The summed E-state index contributed by atoms with van der Waals surface area (Å²) in [5.41, 5.74) is 0.970. The first kappa shape index (κ1) is 12.3. The van der Waals surface area contributed by atoms with Crippen molar-refractivity contribution < 1.29 is 13.9 Å². The molecule has 4 heteroatoms. The second kappa shape index (κ2) is 5.47. The molecular weight excluding hydrogens is 221 g/mol. The average Bonchev–Trinajstić information content (AvgIpc) is 2.29. The van der Waals surface area contributed by atoms with Gasteiger partial charge in [-0.15, -0.1) is 0 Å². The molecular formula is C13H18FNO2. The Labute approximate surface area is 101 Å². The van der Waals surface area contributed by atoms with Gasteiger partial charge in [0.1, 0.15) is 0 Å². The predicted octanol–water partition coefficient (Wildman–Crippen LogP) is 2.06. The maximum absolute atomic E-state index is 13.5. The zero-order chi connectivity index (χ0) is 12.3. The summed E-state index contributed by atoms with van der Waals surface area (Å²) < 4.78 is 23.9. The Morgan fingerprint density at radius 1 is 1.53 bits per heavy atom. The van der Waals surface area contributed by atoms with Crippen molar-refractivity contribution in [1.82, 2.24) is 4.90 Å². The van der Waals surface area contributed by atoms with Crippen LogP contribution in [0.2, 0.25) is 0 Å². The number of ether oxygens (including phenoxy) is 2. The first-order valence-corrected chi connectivity index (χ1v) is 5.85. The minimum absolute atomic E-state index is 0.256. The van der Waals surface area contributed by atoms with Crippen molar-refractivity contribution in [3.05, 3.63) is 29.6 Å². The Balaban J connectivity index is 2.00.